The Morgan fingerprint density at radius 1 is 1.14 bits per heavy atom. The highest BCUT2D eigenvalue weighted by Gasteiger charge is 2.77. The molecule has 2 aromatic carbocycles. The first-order valence-electron chi connectivity index (χ1n) is 12.1. The zero-order valence-corrected chi connectivity index (χ0v) is 21.1. The number of halogens is 1. The van der Waals surface area contributed by atoms with Gasteiger partial charge < -0.3 is 14.2 Å². The number of benzene rings is 2. The van der Waals surface area contributed by atoms with Gasteiger partial charge in [-0.2, -0.15) is 5.26 Å². The first-order valence-corrected chi connectivity index (χ1v) is 12.5. The Bertz CT molecular complexity index is 1470. The fourth-order valence-electron chi connectivity index (χ4n) is 6.51. The second-order valence-electron chi connectivity index (χ2n) is 9.95. The first kappa shape index (κ1) is 23.9. The Labute approximate surface area is 218 Å². The van der Waals surface area contributed by atoms with E-state index in [0.29, 0.717) is 45.8 Å². The van der Waals surface area contributed by atoms with Crippen molar-refractivity contribution in [2.45, 2.75) is 37.1 Å². The maximum atomic E-state index is 14.1. The summed E-state index contributed by atoms with van der Waals surface area (Å²) in [5.74, 6) is -1.56. The van der Waals surface area contributed by atoms with Gasteiger partial charge in [0.25, 0.3) is 0 Å². The van der Waals surface area contributed by atoms with Crippen molar-refractivity contribution in [3.8, 4) is 11.9 Å². The molecule has 8 nitrogen and oxygen atoms in total. The van der Waals surface area contributed by atoms with Gasteiger partial charge in [-0.1, -0.05) is 35.9 Å². The van der Waals surface area contributed by atoms with Crippen LogP contribution in [0.2, 0.25) is 5.02 Å². The zero-order valence-electron chi connectivity index (χ0n) is 20.3. The molecule has 3 fully saturated rings. The third-order valence-corrected chi connectivity index (χ3v) is 8.33. The van der Waals surface area contributed by atoms with Gasteiger partial charge in [0, 0.05) is 43.0 Å². The van der Waals surface area contributed by atoms with E-state index in [9.17, 15) is 14.9 Å². The fourth-order valence-corrected chi connectivity index (χ4v) is 6.62. The summed E-state index contributed by atoms with van der Waals surface area (Å²) in [4.78, 5) is 33.5. The number of hydrogen-bond acceptors (Lipinski definition) is 7. The van der Waals surface area contributed by atoms with Crippen LogP contribution in [-0.2, 0) is 19.1 Å². The molecule has 6 rings (SSSR count). The molecule has 0 spiro atoms. The number of nitriles is 1. The summed E-state index contributed by atoms with van der Waals surface area (Å²) in [6.45, 7) is 2.10. The van der Waals surface area contributed by atoms with Crippen molar-refractivity contribution in [2.24, 2.45) is 11.8 Å². The zero-order chi connectivity index (χ0) is 25.9. The number of fused-ring (bicyclic) bond motifs is 6. The number of pyridine rings is 1. The standard InChI is InChI=1S/C28H24ClN3O5/c1-27-21(35-2)13-28(37-27,11-12-36-22-10-8-17(29)15-31-22)24-23(27)25(33)32(26(24)34)20-9-7-16(14-30)18-5-3-4-6-19(18)20/h3-10,15,21,23-24H,11-13H2,1-2H3/t21-,23?,24+,27?,28?/m0/s1. The van der Waals surface area contributed by atoms with Gasteiger partial charge in [0.1, 0.15) is 5.60 Å². The number of carbonyl (C=O) groups is 2. The Morgan fingerprint density at radius 3 is 2.59 bits per heavy atom. The molecule has 0 N–H and O–H groups in total. The van der Waals surface area contributed by atoms with Crippen molar-refractivity contribution in [3.63, 3.8) is 0 Å². The molecule has 3 saturated heterocycles. The van der Waals surface area contributed by atoms with Gasteiger partial charge in [-0.25, -0.2) is 9.88 Å². The molecule has 1 aromatic heterocycles. The van der Waals surface area contributed by atoms with Gasteiger partial charge in [-0.15, -0.1) is 0 Å². The molecule has 188 valence electrons. The van der Waals surface area contributed by atoms with E-state index in [1.165, 1.54) is 11.1 Å². The number of methoxy groups -OCH3 is 1. The summed E-state index contributed by atoms with van der Waals surface area (Å²) in [7, 11) is 1.60. The summed E-state index contributed by atoms with van der Waals surface area (Å²) in [5, 5.41) is 11.4. The molecule has 9 heteroatoms. The molecule has 2 amide bonds. The smallest absolute Gasteiger partial charge is 0.240 e. The average molecular weight is 518 g/mol. The molecule has 3 aliphatic rings. The summed E-state index contributed by atoms with van der Waals surface area (Å²) in [6, 6.07) is 16.2. The van der Waals surface area contributed by atoms with Gasteiger partial charge in [0.05, 0.1) is 52.5 Å². The van der Waals surface area contributed by atoms with Gasteiger partial charge in [0.15, 0.2) is 0 Å². The molecule has 3 unspecified atom stereocenters. The van der Waals surface area contributed by atoms with E-state index < -0.39 is 23.0 Å². The summed E-state index contributed by atoms with van der Waals surface area (Å²) < 4.78 is 18.2. The number of ether oxygens (including phenoxy) is 3. The maximum Gasteiger partial charge on any atom is 0.240 e. The number of carbonyl (C=O) groups excluding carboxylic acids is 2. The van der Waals surface area contributed by atoms with Crippen molar-refractivity contribution in [1.82, 2.24) is 4.98 Å². The molecule has 3 aromatic rings. The van der Waals surface area contributed by atoms with Gasteiger partial charge in [-0.3, -0.25) is 9.59 Å². The molecule has 3 aliphatic heterocycles. The highest BCUT2D eigenvalue weighted by molar-refractivity contribution is 6.30. The number of amides is 2. The van der Waals surface area contributed by atoms with Crippen molar-refractivity contribution in [2.75, 3.05) is 18.6 Å². The van der Waals surface area contributed by atoms with Crippen LogP contribution in [0.1, 0.15) is 25.3 Å². The van der Waals surface area contributed by atoms with Crippen LogP contribution < -0.4 is 9.64 Å². The van der Waals surface area contributed by atoms with Crippen LogP contribution in [0.5, 0.6) is 5.88 Å². The number of rotatable bonds is 6. The van der Waals surface area contributed by atoms with Crippen LogP contribution in [0, 0.1) is 23.2 Å². The molecular weight excluding hydrogens is 494 g/mol. The second-order valence-corrected chi connectivity index (χ2v) is 10.4. The number of imide groups is 1. The third-order valence-electron chi connectivity index (χ3n) is 8.11. The highest BCUT2D eigenvalue weighted by atomic mass is 35.5. The van der Waals surface area contributed by atoms with E-state index in [1.54, 1.807) is 31.4 Å². The average Bonchev–Trinajstić information content (AvgIpc) is 3.46. The molecule has 0 radical (unpaired) electrons. The van der Waals surface area contributed by atoms with E-state index in [4.69, 9.17) is 25.8 Å². The van der Waals surface area contributed by atoms with Crippen molar-refractivity contribution in [1.29, 1.82) is 5.26 Å². The molecule has 0 aliphatic carbocycles. The van der Waals surface area contributed by atoms with E-state index in [1.807, 2.05) is 31.2 Å². The fraction of sp³-hybridized carbons (Fsp3) is 0.357. The Morgan fingerprint density at radius 2 is 1.89 bits per heavy atom. The molecule has 37 heavy (non-hydrogen) atoms. The number of nitrogens with zero attached hydrogens (tertiary/aromatic N) is 3. The maximum absolute atomic E-state index is 14.1. The van der Waals surface area contributed by atoms with Crippen molar-refractivity contribution in [3.05, 3.63) is 65.3 Å². The summed E-state index contributed by atoms with van der Waals surface area (Å²) in [5.41, 5.74) is -0.913. The van der Waals surface area contributed by atoms with Crippen LogP contribution in [0.25, 0.3) is 10.8 Å². The molecule has 4 heterocycles. The van der Waals surface area contributed by atoms with Crippen LogP contribution in [0.3, 0.4) is 0 Å². The Balaban J connectivity index is 1.37. The van der Waals surface area contributed by atoms with Crippen LogP contribution in [0.15, 0.2) is 54.7 Å². The first-order chi connectivity index (χ1) is 17.8. The predicted octanol–water partition coefficient (Wildman–Crippen LogP) is 4.28. The van der Waals surface area contributed by atoms with Crippen LogP contribution in [0.4, 0.5) is 5.69 Å². The number of aromatic nitrogens is 1. The normalized spacial score (nSPS) is 30.1. The lowest BCUT2D eigenvalue weighted by molar-refractivity contribution is -0.135. The SMILES string of the molecule is CO[C@H]1CC2(CCOc3ccc(Cl)cn3)OC1(C)C1C(=O)N(c3ccc(C#N)c4ccccc34)C(=O)[C@@H]12. The lowest BCUT2D eigenvalue weighted by Crippen LogP contribution is -2.50. The van der Waals surface area contributed by atoms with Crippen molar-refractivity contribution < 1.29 is 23.8 Å². The van der Waals surface area contributed by atoms with E-state index >= 15 is 0 Å². The highest BCUT2D eigenvalue weighted by Crippen LogP contribution is 2.63. The topological polar surface area (TPSA) is 102 Å². The third kappa shape index (κ3) is 3.38. The van der Waals surface area contributed by atoms with Crippen molar-refractivity contribution >= 4 is 39.9 Å². The number of hydrogen-bond donors (Lipinski definition) is 0. The minimum atomic E-state index is -0.957. The second kappa shape index (κ2) is 8.52. The van der Waals surface area contributed by atoms with E-state index in [0.717, 1.165) is 0 Å². The van der Waals surface area contributed by atoms with E-state index in [2.05, 4.69) is 11.1 Å². The van der Waals surface area contributed by atoms with Crippen LogP contribution >= 0.6 is 11.6 Å². The molecular formula is C28H24ClN3O5. The Kier molecular flexibility index (Phi) is 5.50. The molecule has 2 bridgehead atoms. The number of anilines is 1. The minimum Gasteiger partial charge on any atom is -0.478 e. The summed E-state index contributed by atoms with van der Waals surface area (Å²) >= 11 is 5.91. The quantitative estimate of drug-likeness (QED) is 0.450. The van der Waals surface area contributed by atoms with E-state index in [-0.39, 0.29) is 24.5 Å². The van der Waals surface area contributed by atoms with Gasteiger partial charge in [-0.05, 0) is 25.1 Å². The lowest BCUT2D eigenvalue weighted by atomic mass is 9.66. The lowest BCUT2D eigenvalue weighted by Gasteiger charge is -2.35. The molecule has 5 atom stereocenters. The minimum absolute atomic E-state index is 0.242. The molecule has 0 saturated carbocycles. The predicted molar refractivity (Wildman–Crippen MR) is 135 cm³/mol. The monoisotopic (exact) mass is 517 g/mol. The largest absolute Gasteiger partial charge is 0.478 e. The van der Waals surface area contributed by atoms with Gasteiger partial charge >= 0.3 is 0 Å². The Hall–Kier alpha value is -3.51. The van der Waals surface area contributed by atoms with Gasteiger partial charge in [0.2, 0.25) is 17.7 Å². The van der Waals surface area contributed by atoms with Crippen LogP contribution in [-0.4, -0.2) is 47.8 Å². The summed E-state index contributed by atoms with van der Waals surface area (Å²) in [6.07, 6.45) is 2.01.